The van der Waals surface area contributed by atoms with Crippen molar-refractivity contribution in [2.75, 3.05) is 7.11 Å². The highest BCUT2D eigenvalue weighted by molar-refractivity contribution is 6.24. The maximum Gasteiger partial charge on any atom is 0.305 e. The Bertz CT molecular complexity index is 1890. The maximum absolute atomic E-state index is 12.8. The predicted octanol–water partition coefficient (Wildman–Crippen LogP) is 5.57. The molecular weight excluding hydrogens is 540 g/mol. The van der Waals surface area contributed by atoms with Crippen molar-refractivity contribution in [2.24, 2.45) is 15.0 Å². The van der Waals surface area contributed by atoms with Gasteiger partial charge in [-0.1, -0.05) is 13.3 Å². The van der Waals surface area contributed by atoms with E-state index in [4.69, 9.17) is 19.7 Å². The standard InChI is InChI=1S/C35H38N4O4/c1-9-10-23-17(2)25-13-27-19(4)34(21(6)40)32(38-27)15-28-20(5)35(22(7)41)31(39-28)14-26-18(3)24(11-12-33(42)43-8)30(37-26)16-29(23)36-25/h13-16,39,41H,9-12H2,1-8H3/b25-13?,30-16?,31-14?,32-15?,35-22-. The SMILES string of the molecule is CCCC1=C(C)C2=CC3=NC(=Cc4[nH]c(/c(=C(/C)O)c4C)=CC4=NC(=CC1=N2)C(CCC(=O)OC)=C4C)C(C(C)=O)=C3C. The Morgan fingerprint density at radius 3 is 2.12 bits per heavy atom. The number of hydrogen-bond donors (Lipinski definition) is 2. The number of hydrogen-bond acceptors (Lipinski definition) is 7. The lowest BCUT2D eigenvalue weighted by Crippen LogP contribution is -2.27. The number of H-pyrrole nitrogens is 1. The van der Waals surface area contributed by atoms with Gasteiger partial charge in [0.1, 0.15) is 0 Å². The number of allylic oxidation sites excluding steroid dienone is 8. The number of aromatic amines is 1. The number of aromatic nitrogens is 1. The Hall–Kier alpha value is -4.59. The molecule has 43 heavy (non-hydrogen) atoms. The molecule has 0 unspecified atom stereocenters. The number of aliphatic imine (C=N–C) groups is 3. The number of Topliss-reactive ketones (excluding diaryl/α,β-unsaturated/α-hetero) is 1. The number of aliphatic hydroxyl groups is 1. The molecule has 0 saturated heterocycles. The molecule has 1 aromatic rings. The summed E-state index contributed by atoms with van der Waals surface area (Å²) in [6.45, 7) is 13.3. The highest BCUT2D eigenvalue weighted by Crippen LogP contribution is 2.36. The fourth-order valence-electron chi connectivity index (χ4n) is 6.15. The minimum absolute atomic E-state index is 0.0638. The highest BCUT2D eigenvalue weighted by atomic mass is 16.5. The first-order chi connectivity index (χ1) is 20.4. The van der Waals surface area contributed by atoms with Crippen LogP contribution in [-0.4, -0.2) is 46.1 Å². The summed E-state index contributed by atoms with van der Waals surface area (Å²) in [5.74, 6) is -0.179. The van der Waals surface area contributed by atoms with E-state index in [0.29, 0.717) is 34.0 Å². The minimum Gasteiger partial charge on any atom is -0.512 e. The average molecular weight is 579 g/mol. The van der Waals surface area contributed by atoms with E-state index in [2.05, 4.69) is 18.8 Å². The van der Waals surface area contributed by atoms with Crippen LogP contribution in [0.4, 0.5) is 0 Å². The minimum atomic E-state index is -0.282. The largest absolute Gasteiger partial charge is 0.512 e. The smallest absolute Gasteiger partial charge is 0.305 e. The fraction of sp³-hybridized carbons (Fsp3) is 0.343. The van der Waals surface area contributed by atoms with Crippen LogP contribution in [0.25, 0.3) is 17.9 Å². The summed E-state index contributed by atoms with van der Waals surface area (Å²) in [7, 11) is 1.39. The summed E-state index contributed by atoms with van der Waals surface area (Å²) in [6, 6.07) is 0. The van der Waals surface area contributed by atoms with Gasteiger partial charge in [0, 0.05) is 22.9 Å². The molecule has 0 spiro atoms. The van der Waals surface area contributed by atoms with Crippen LogP contribution in [0, 0.1) is 6.92 Å². The van der Waals surface area contributed by atoms with Gasteiger partial charge >= 0.3 is 5.97 Å². The molecule has 0 radical (unpaired) electrons. The zero-order valence-corrected chi connectivity index (χ0v) is 26.2. The summed E-state index contributed by atoms with van der Waals surface area (Å²) in [5, 5.41) is 12.1. The second-order valence-electron chi connectivity index (χ2n) is 11.4. The van der Waals surface area contributed by atoms with Crippen LogP contribution in [0.1, 0.15) is 78.5 Å². The molecule has 4 aliphatic heterocycles. The molecular formula is C35H38N4O4. The summed E-state index contributed by atoms with van der Waals surface area (Å²) >= 11 is 0. The molecule has 2 N–H and O–H groups in total. The maximum atomic E-state index is 12.8. The molecule has 0 amide bonds. The number of nitrogens with one attached hydrogen (secondary N) is 1. The Morgan fingerprint density at radius 2 is 1.47 bits per heavy atom. The van der Waals surface area contributed by atoms with Crippen molar-refractivity contribution in [1.29, 1.82) is 0 Å². The van der Waals surface area contributed by atoms with Gasteiger partial charge in [-0.15, -0.1) is 0 Å². The van der Waals surface area contributed by atoms with E-state index in [1.807, 2.05) is 45.1 Å². The van der Waals surface area contributed by atoms with Gasteiger partial charge in [0.2, 0.25) is 0 Å². The highest BCUT2D eigenvalue weighted by Gasteiger charge is 2.28. The first-order valence-electron chi connectivity index (χ1n) is 14.7. The number of ether oxygens (including phenoxy) is 1. The summed E-state index contributed by atoms with van der Waals surface area (Å²) < 4.78 is 4.93. The van der Waals surface area contributed by atoms with E-state index in [1.165, 1.54) is 7.11 Å². The second kappa shape index (κ2) is 11.6. The van der Waals surface area contributed by atoms with E-state index in [-0.39, 0.29) is 23.9 Å². The van der Waals surface area contributed by atoms with Gasteiger partial charge in [0.25, 0.3) is 0 Å². The zero-order valence-electron chi connectivity index (χ0n) is 26.2. The number of methoxy groups -OCH3 is 1. The molecule has 5 heterocycles. The van der Waals surface area contributed by atoms with Gasteiger partial charge in [-0.05, 0) is 112 Å². The van der Waals surface area contributed by atoms with E-state index in [0.717, 1.165) is 74.8 Å². The number of ketones is 1. The van der Waals surface area contributed by atoms with Gasteiger partial charge in [0.15, 0.2) is 5.78 Å². The van der Waals surface area contributed by atoms with E-state index < -0.39 is 0 Å². The normalized spacial score (nSPS) is 18.6. The van der Waals surface area contributed by atoms with Crippen molar-refractivity contribution in [3.05, 3.63) is 84.5 Å². The monoisotopic (exact) mass is 578 g/mol. The topological polar surface area (TPSA) is 116 Å². The third-order valence-corrected chi connectivity index (χ3v) is 8.48. The Labute approximate surface area is 251 Å². The summed E-state index contributed by atoms with van der Waals surface area (Å²) in [5.41, 5.74) is 11.5. The Kier molecular flexibility index (Phi) is 8.06. The van der Waals surface area contributed by atoms with Crippen LogP contribution in [-0.2, 0) is 14.3 Å². The number of nitrogens with zero attached hydrogens (tertiary/aromatic N) is 3. The first-order valence-corrected chi connectivity index (χ1v) is 14.7. The molecule has 0 aliphatic carbocycles. The number of rotatable bonds is 6. The molecule has 8 heteroatoms. The molecule has 0 aromatic carbocycles. The van der Waals surface area contributed by atoms with Crippen molar-refractivity contribution in [3.8, 4) is 0 Å². The van der Waals surface area contributed by atoms with Crippen molar-refractivity contribution in [1.82, 2.24) is 4.98 Å². The number of fused-ring (bicyclic) bond motifs is 5. The fourth-order valence-corrected chi connectivity index (χ4v) is 6.15. The van der Waals surface area contributed by atoms with Crippen LogP contribution < -0.4 is 10.6 Å². The van der Waals surface area contributed by atoms with Crippen molar-refractivity contribution in [2.45, 2.75) is 74.1 Å². The van der Waals surface area contributed by atoms with E-state index in [9.17, 15) is 14.7 Å². The third kappa shape index (κ3) is 5.38. The van der Waals surface area contributed by atoms with Crippen LogP contribution in [0.2, 0.25) is 0 Å². The Balaban J connectivity index is 1.85. The molecule has 4 aliphatic rings. The molecule has 0 saturated carbocycles. The van der Waals surface area contributed by atoms with Gasteiger partial charge in [0.05, 0.1) is 52.4 Å². The molecule has 0 atom stereocenters. The molecule has 5 rings (SSSR count). The zero-order chi connectivity index (χ0) is 31.2. The van der Waals surface area contributed by atoms with Gasteiger partial charge in [-0.3, -0.25) is 9.59 Å². The van der Waals surface area contributed by atoms with Gasteiger partial charge in [-0.2, -0.15) is 0 Å². The van der Waals surface area contributed by atoms with Gasteiger partial charge in [-0.25, -0.2) is 15.0 Å². The second-order valence-corrected chi connectivity index (χ2v) is 11.4. The quantitative estimate of drug-likeness (QED) is 0.430. The average Bonchev–Trinajstić information content (AvgIpc) is 3.61. The van der Waals surface area contributed by atoms with Crippen molar-refractivity contribution >= 4 is 46.8 Å². The predicted molar refractivity (Wildman–Crippen MR) is 172 cm³/mol. The van der Waals surface area contributed by atoms with Crippen LogP contribution in [0.15, 0.2) is 77.7 Å². The lowest BCUT2D eigenvalue weighted by atomic mass is 9.96. The van der Waals surface area contributed by atoms with Crippen molar-refractivity contribution in [3.63, 3.8) is 0 Å². The molecule has 1 aromatic heterocycles. The third-order valence-electron chi connectivity index (χ3n) is 8.48. The summed E-state index contributed by atoms with van der Waals surface area (Å²) in [4.78, 5) is 43.4. The van der Waals surface area contributed by atoms with Crippen LogP contribution in [0.5, 0.6) is 0 Å². The lowest BCUT2D eigenvalue weighted by molar-refractivity contribution is -0.140. The molecule has 222 valence electrons. The number of carbonyl (C=O) groups excluding carboxylic acids is 2. The van der Waals surface area contributed by atoms with Crippen LogP contribution >= 0.6 is 0 Å². The summed E-state index contributed by atoms with van der Waals surface area (Å²) in [6.07, 6.45) is 10.3. The van der Waals surface area contributed by atoms with Crippen molar-refractivity contribution < 1.29 is 19.4 Å². The molecule has 0 fully saturated rings. The molecule has 8 nitrogen and oxygen atoms in total. The first kappa shape index (κ1) is 29.9. The Morgan fingerprint density at radius 1 is 0.814 bits per heavy atom. The lowest BCUT2D eigenvalue weighted by Gasteiger charge is -2.07. The van der Waals surface area contributed by atoms with E-state index in [1.54, 1.807) is 13.8 Å². The van der Waals surface area contributed by atoms with Crippen LogP contribution in [0.3, 0.4) is 0 Å². The number of esters is 1. The number of aliphatic hydroxyl groups excluding tert-OH is 1. The van der Waals surface area contributed by atoms with Gasteiger partial charge < -0.3 is 14.8 Å². The molecule has 8 bridgehead atoms. The number of carbonyl (C=O) groups is 2. The van der Waals surface area contributed by atoms with E-state index >= 15 is 0 Å².